The van der Waals surface area contributed by atoms with Gasteiger partial charge in [0.2, 0.25) is 0 Å². The Hall–Kier alpha value is -3.44. The third-order valence-electron chi connectivity index (χ3n) is 4.15. The molecule has 0 bridgehead atoms. The summed E-state index contributed by atoms with van der Waals surface area (Å²) in [5, 5.41) is 21.6. The number of hydrogen-bond acceptors (Lipinski definition) is 8. The van der Waals surface area contributed by atoms with Crippen LogP contribution in [0.15, 0.2) is 64.9 Å². The Labute approximate surface area is 164 Å². The van der Waals surface area contributed by atoms with Gasteiger partial charge in [0, 0.05) is 12.1 Å². The Morgan fingerprint density at radius 2 is 1.86 bits per heavy atom. The van der Waals surface area contributed by atoms with E-state index < -0.39 is 4.92 Å². The lowest BCUT2D eigenvalue weighted by Crippen LogP contribution is -2.40. The summed E-state index contributed by atoms with van der Waals surface area (Å²) < 4.78 is 14.7. The van der Waals surface area contributed by atoms with Gasteiger partial charge in [0.25, 0.3) is 5.69 Å². The number of nitro benzene ring substituents is 1. The van der Waals surface area contributed by atoms with Crippen molar-refractivity contribution in [2.75, 3.05) is 0 Å². The monoisotopic (exact) mass is 399 g/mol. The molecule has 0 saturated carbocycles. The second-order valence-electron chi connectivity index (χ2n) is 5.94. The molecule has 4 rings (SSSR count). The highest BCUT2D eigenvalue weighted by Crippen LogP contribution is 2.22. The van der Waals surface area contributed by atoms with Crippen LogP contribution in [-0.2, 0) is 6.54 Å². The highest BCUT2D eigenvalue weighted by Gasteiger charge is 2.24. The van der Waals surface area contributed by atoms with E-state index in [-0.39, 0.29) is 11.5 Å². The Bertz CT molecular complexity index is 1050. The Balaban J connectivity index is 1.57. The number of aromatic nitrogens is 2. The fourth-order valence-corrected chi connectivity index (χ4v) is 3.07. The van der Waals surface area contributed by atoms with Crippen LogP contribution in [0.5, 0.6) is 0 Å². The fourth-order valence-electron chi connectivity index (χ4n) is 2.75. The molecule has 0 amide bonds. The van der Waals surface area contributed by atoms with Gasteiger partial charge >= 0.3 is 0 Å². The molecule has 1 aromatic heterocycles. The van der Waals surface area contributed by atoms with E-state index in [1.165, 1.54) is 24.3 Å². The van der Waals surface area contributed by atoms with Crippen LogP contribution in [0.3, 0.4) is 0 Å². The van der Waals surface area contributed by atoms with E-state index >= 15 is 0 Å². The molecule has 11 heteroatoms. The van der Waals surface area contributed by atoms with Crippen molar-refractivity contribution in [1.29, 1.82) is 0 Å². The number of nitro groups is 1. The number of nitrogens with one attached hydrogen (secondary N) is 2. The first-order valence-electron chi connectivity index (χ1n) is 8.15. The molecule has 0 spiro atoms. The van der Waals surface area contributed by atoms with Gasteiger partial charge in [-0.25, -0.2) is 14.6 Å². The van der Waals surface area contributed by atoms with E-state index in [1.54, 1.807) is 40.2 Å². The molecule has 142 valence electrons. The van der Waals surface area contributed by atoms with Gasteiger partial charge in [-0.3, -0.25) is 15.1 Å². The molecule has 3 aromatic rings. The minimum absolute atomic E-state index is 0.0309. The molecule has 9 nitrogen and oxygen atoms in total. The molecule has 2 aromatic carbocycles. The van der Waals surface area contributed by atoms with Gasteiger partial charge in [0.05, 0.1) is 28.9 Å². The van der Waals surface area contributed by atoms with Crippen molar-refractivity contribution in [3.8, 4) is 5.69 Å². The van der Waals surface area contributed by atoms with E-state index in [2.05, 4.69) is 33.9 Å². The molecule has 0 unspecified atom stereocenters. The number of hydrazine groups is 2. The fraction of sp³-hybridized carbons (Fsp3) is 0.0588. The van der Waals surface area contributed by atoms with E-state index in [4.69, 9.17) is 0 Å². The maximum atomic E-state index is 13.2. The van der Waals surface area contributed by atoms with Crippen LogP contribution in [-0.4, -0.2) is 25.5 Å². The van der Waals surface area contributed by atoms with Crippen molar-refractivity contribution >= 4 is 24.2 Å². The number of hydrazone groups is 1. The first-order valence-corrected chi connectivity index (χ1v) is 8.60. The van der Waals surface area contributed by atoms with Gasteiger partial charge in [-0.1, -0.05) is 12.1 Å². The Kier molecular flexibility index (Phi) is 4.67. The highest BCUT2D eigenvalue weighted by atomic mass is 32.1. The molecule has 2 heterocycles. The lowest BCUT2D eigenvalue weighted by Gasteiger charge is -2.18. The molecule has 1 aliphatic heterocycles. The smallest absolute Gasteiger partial charge is 0.266 e. The number of non-ortho nitro benzene ring substituents is 1. The minimum Gasteiger partial charge on any atom is -0.266 e. The first-order chi connectivity index (χ1) is 13.5. The molecule has 0 radical (unpaired) electrons. The molecular weight excluding hydrogens is 385 g/mol. The van der Waals surface area contributed by atoms with Crippen LogP contribution in [0, 0.1) is 15.9 Å². The summed E-state index contributed by atoms with van der Waals surface area (Å²) in [7, 11) is 0. The average molecular weight is 399 g/mol. The predicted molar refractivity (Wildman–Crippen MR) is 102 cm³/mol. The van der Waals surface area contributed by atoms with Crippen molar-refractivity contribution in [2.45, 2.75) is 11.6 Å². The van der Waals surface area contributed by atoms with E-state index in [0.717, 1.165) is 5.56 Å². The normalized spacial score (nSPS) is 13.4. The molecule has 28 heavy (non-hydrogen) atoms. The SMILES string of the molecule is O=[N+]([O-])c1ccc(CN2NNN=C2c2cnn(-c3ccc(F)cc3)c2S)cc1. The third kappa shape index (κ3) is 3.40. The van der Waals surface area contributed by atoms with Crippen molar-refractivity contribution in [1.82, 2.24) is 25.9 Å². The van der Waals surface area contributed by atoms with Gasteiger partial charge in [-0.15, -0.1) is 23.3 Å². The first kappa shape index (κ1) is 17.9. The van der Waals surface area contributed by atoms with Gasteiger partial charge in [-0.05, 0) is 29.8 Å². The average Bonchev–Trinajstić information content (AvgIpc) is 3.29. The van der Waals surface area contributed by atoms with Crippen molar-refractivity contribution < 1.29 is 9.31 Å². The predicted octanol–water partition coefficient (Wildman–Crippen LogP) is 2.39. The summed E-state index contributed by atoms with van der Waals surface area (Å²) in [4.78, 5) is 10.3. The standard InChI is InChI=1S/C17H14FN7O2S/c18-12-3-7-13(8-4-12)24-17(28)15(9-19-24)16-20-21-22-23(16)10-11-1-5-14(6-2-11)25(26)27/h1-9,21-22,28H,10H2. The maximum Gasteiger partial charge on any atom is 0.269 e. The van der Waals surface area contributed by atoms with Crippen LogP contribution in [0.1, 0.15) is 11.1 Å². The number of thiol groups is 1. The third-order valence-corrected chi connectivity index (χ3v) is 4.58. The molecule has 0 fully saturated rings. The summed E-state index contributed by atoms with van der Waals surface area (Å²) in [6.07, 6.45) is 1.61. The maximum absolute atomic E-state index is 13.2. The van der Waals surface area contributed by atoms with E-state index in [9.17, 15) is 14.5 Å². The van der Waals surface area contributed by atoms with Crippen LogP contribution in [0.25, 0.3) is 5.69 Å². The molecule has 1 aliphatic rings. The Morgan fingerprint density at radius 1 is 1.14 bits per heavy atom. The summed E-state index contributed by atoms with van der Waals surface area (Å²) in [6.45, 7) is 0.402. The number of amidine groups is 1. The lowest BCUT2D eigenvalue weighted by molar-refractivity contribution is -0.384. The van der Waals surface area contributed by atoms with Crippen molar-refractivity contribution in [2.24, 2.45) is 5.10 Å². The quantitative estimate of drug-likeness (QED) is 0.346. The minimum atomic E-state index is -0.441. The van der Waals surface area contributed by atoms with Crippen LogP contribution >= 0.6 is 12.6 Å². The second kappa shape index (κ2) is 7.29. The molecule has 0 saturated heterocycles. The Morgan fingerprint density at radius 3 is 2.54 bits per heavy atom. The summed E-state index contributed by atoms with van der Waals surface area (Å²) in [6, 6.07) is 12.2. The van der Waals surface area contributed by atoms with Gasteiger partial charge in [0.1, 0.15) is 10.8 Å². The number of nitrogens with zero attached hydrogens (tertiary/aromatic N) is 5. The molecule has 2 N–H and O–H groups in total. The summed E-state index contributed by atoms with van der Waals surface area (Å²) in [5.74, 6) is 0.219. The van der Waals surface area contributed by atoms with E-state index in [0.29, 0.717) is 28.7 Å². The van der Waals surface area contributed by atoms with Gasteiger partial charge in [-0.2, -0.15) is 5.10 Å². The number of benzene rings is 2. The lowest BCUT2D eigenvalue weighted by atomic mass is 10.2. The molecule has 0 aliphatic carbocycles. The highest BCUT2D eigenvalue weighted by molar-refractivity contribution is 7.80. The van der Waals surface area contributed by atoms with Crippen LogP contribution in [0.4, 0.5) is 10.1 Å². The largest absolute Gasteiger partial charge is 0.269 e. The van der Waals surface area contributed by atoms with Crippen molar-refractivity contribution in [3.05, 3.63) is 81.8 Å². The van der Waals surface area contributed by atoms with Crippen LogP contribution < -0.4 is 11.1 Å². The van der Waals surface area contributed by atoms with Gasteiger partial charge < -0.3 is 0 Å². The van der Waals surface area contributed by atoms with Gasteiger partial charge in [0.15, 0.2) is 5.84 Å². The summed E-state index contributed by atoms with van der Waals surface area (Å²) >= 11 is 4.55. The number of halogens is 1. The summed E-state index contributed by atoms with van der Waals surface area (Å²) in [5.41, 5.74) is 7.79. The van der Waals surface area contributed by atoms with Crippen molar-refractivity contribution in [3.63, 3.8) is 0 Å². The molecular formula is C17H14FN7O2S. The van der Waals surface area contributed by atoms with E-state index in [1.807, 2.05) is 0 Å². The zero-order chi connectivity index (χ0) is 19.7. The molecule has 0 atom stereocenters. The number of rotatable bonds is 5. The number of hydrogen-bond donors (Lipinski definition) is 3. The van der Waals surface area contributed by atoms with Crippen LogP contribution in [0.2, 0.25) is 0 Å². The zero-order valence-electron chi connectivity index (χ0n) is 14.3. The topological polar surface area (TPSA) is 101 Å². The zero-order valence-corrected chi connectivity index (χ0v) is 15.2. The second-order valence-corrected chi connectivity index (χ2v) is 6.36.